The lowest BCUT2D eigenvalue weighted by Gasteiger charge is -2.32. The number of piperazine rings is 1. The number of likely N-dealkylation sites (N-methyl/N-ethyl adjacent to an activating group) is 1. The number of carbonyl (C=O) groups is 1. The highest BCUT2D eigenvalue weighted by molar-refractivity contribution is 7.17. The number of thiophene rings is 1. The second-order valence-electron chi connectivity index (χ2n) is 10.3. The van der Waals surface area contributed by atoms with Crippen molar-refractivity contribution in [3.05, 3.63) is 95.1 Å². The summed E-state index contributed by atoms with van der Waals surface area (Å²) in [7, 11) is 2.02. The van der Waals surface area contributed by atoms with Crippen molar-refractivity contribution < 1.29 is 22.7 Å². The number of anilines is 1. The Hall–Kier alpha value is -4.39. The van der Waals surface area contributed by atoms with Crippen LogP contribution in [-0.2, 0) is 12.7 Å². The molecule has 2 aromatic carbocycles. The lowest BCUT2D eigenvalue weighted by atomic mass is 10.1. The summed E-state index contributed by atoms with van der Waals surface area (Å²) in [6.07, 6.45) is -1.25. The first-order chi connectivity index (χ1) is 20.7. The van der Waals surface area contributed by atoms with E-state index >= 15 is 0 Å². The molecule has 1 amide bonds. The average Bonchev–Trinajstić information content (AvgIpc) is 3.48. The molecule has 0 atom stereocenters. The van der Waals surface area contributed by atoms with Gasteiger partial charge in [-0.25, -0.2) is 4.98 Å². The Labute approximate surface area is 249 Å². The summed E-state index contributed by atoms with van der Waals surface area (Å²) in [5, 5.41) is 4.54. The number of halogens is 3. The summed E-state index contributed by atoms with van der Waals surface area (Å²) in [4.78, 5) is 30.8. The number of fused-ring (bicyclic) bond motifs is 1. The molecule has 1 aliphatic heterocycles. The number of amides is 1. The molecule has 0 saturated carbocycles. The van der Waals surface area contributed by atoms with Gasteiger partial charge in [-0.05, 0) is 72.6 Å². The van der Waals surface area contributed by atoms with Crippen LogP contribution in [-0.4, -0.2) is 63.9 Å². The second-order valence-corrected chi connectivity index (χ2v) is 11.2. The number of hydrogen-bond acceptors (Lipinski definition) is 8. The average molecular weight is 605 g/mol. The molecule has 1 fully saturated rings. The molecule has 12 heteroatoms. The van der Waals surface area contributed by atoms with Crippen LogP contribution in [0.5, 0.6) is 11.6 Å². The molecule has 0 aliphatic carbocycles. The maximum absolute atomic E-state index is 13.8. The van der Waals surface area contributed by atoms with Gasteiger partial charge in [0.2, 0.25) is 5.88 Å². The van der Waals surface area contributed by atoms with Gasteiger partial charge in [-0.1, -0.05) is 6.07 Å². The predicted octanol–water partition coefficient (Wildman–Crippen LogP) is 6.56. The Balaban J connectivity index is 1.23. The van der Waals surface area contributed by atoms with Crippen molar-refractivity contribution in [1.29, 1.82) is 0 Å². The maximum atomic E-state index is 13.8. The minimum atomic E-state index is -4.55. The minimum Gasteiger partial charge on any atom is -0.437 e. The lowest BCUT2D eigenvalue weighted by Crippen LogP contribution is -2.43. The van der Waals surface area contributed by atoms with Gasteiger partial charge >= 0.3 is 6.18 Å². The number of alkyl halides is 3. The third kappa shape index (κ3) is 6.82. The van der Waals surface area contributed by atoms with Gasteiger partial charge in [0.15, 0.2) is 5.82 Å². The summed E-state index contributed by atoms with van der Waals surface area (Å²) >= 11 is 1.43. The molecule has 8 nitrogen and oxygen atoms in total. The van der Waals surface area contributed by atoms with Gasteiger partial charge < -0.3 is 15.0 Å². The second kappa shape index (κ2) is 12.1. The van der Waals surface area contributed by atoms with Gasteiger partial charge in [0.25, 0.3) is 5.91 Å². The summed E-state index contributed by atoms with van der Waals surface area (Å²) < 4.78 is 48.2. The molecule has 0 bridgehead atoms. The SMILES string of the molecule is CN1CCN(Cc2cc(NC(=O)c3cccc(Oc4nc(-c5ccncc5)nc5ccsc45)c3)cc(C(F)(F)F)c2)CC1. The fraction of sp³-hybridized carbons (Fsp3) is 0.226. The lowest BCUT2D eigenvalue weighted by molar-refractivity contribution is -0.137. The van der Waals surface area contributed by atoms with Crippen LogP contribution in [0.2, 0.25) is 0 Å². The van der Waals surface area contributed by atoms with E-state index in [2.05, 4.69) is 30.1 Å². The van der Waals surface area contributed by atoms with E-state index in [-0.39, 0.29) is 11.3 Å². The molecular weight excluding hydrogens is 577 g/mol. The number of carbonyl (C=O) groups excluding carboxylic acids is 1. The monoisotopic (exact) mass is 604 g/mol. The van der Waals surface area contributed by atoms with Crippen LogP contribution >= 0.6 is 11.3 Å². The summed E-state index contributed by atoms with van der Waals surface area (Å²) in [6, 6.07) is 15.6. The quantitative estimate of drug-likeness (QED) is 0.225. The zero-order chi connectivity index (χ0) is 30.0. The van der Waals surface area contributed by atoms with E-state index in [1.54, 1.807) is 48.8 Å². The molecule has 220 valence electrons. The molecule has 1 saturated heterocycles. The topological polar surface area (TPSA) is 83.5 Å². The summed E-state index contributed by atoms with van der Waals surface area (Å²) in [5.74, 6) is 0.586. The number of benzene rings is 2. The number of rotatable bonds is 7. The Kier molecular flexibility index (Phi) is 8.06. The standard InChI is InChI=1S/C31H27F3N6O2S/c1-39-10-12-40(13-11-39)19-20-15-23(31(32,33)34)18-24(16-20)36-29(41)22-3-2-4-25(17-22)42-30-27-26(7-14-43-27)37-28(38-30)21-5-8-35-9-6-21/h2-9,14-18H,10-13,19H2,1H3,(H,36,41). The van der Waals surface area contributed by atoms with E-state index in [9.17, 15) is 18.0 Å². The minimum absolute atomic E-state index is 0.0772. The Morgan fingerprint density at radius 3 is 2.56 bits per heavy atom. The van der Waals surface area contributed by atoms with Crippen molar-refractivity contribution in [1.82, 2.24) is 24.8 Å². The first kappa shape index (κ1) is 28.7. The molecule has 3 aromatic heterocycles. The van der Waals surface area contributed by atoms with Gasteiger partial charge in [0, 0.05) is 61.9 Å². The molecule has 0 unspecified atom stereocenters. The van der Waals surface area contributed by atoms with Crippen molar-refractivity contribution in [3.63, 3.8) is 0 Å². The van der Waals surface area contributed by atoms with Crippen molar-refractivity contribution in [2.24, 2.45) is 0 Å². The van der Waals surface area contributed by atoms with Crippen LogP contribution < -0.4 is 10.1 Å². The largest absolute Gasteiger partial charge is 0.437 e. The Morgan fingerprint density at radius 2 is 1.79 bits per heavy atom. The van der Waals surface area contributed by atoms with E-state index in [1.165, 1.54) is 17.4 Å². The smallest absolute Gasteiger partial charge is 0.416 e. The van der Waals surface area contributed by atoms with Crippen LogP contribution in [0.15, 0.2) is 78.4 Å². The molecule has 5 aromatic rings. The van der Waals surface area contributed by atoms with Crippen molar-refractivity contribution >= 4 is 33.1 Å². The molecule has 1 N–H and O–H groups in total. The van der Waals surface area contributed by atoms with Crippen LogP contribution in [0.4, 0.5) is 18.9 Å². The van der Waals surface area contributed by atoms with Gasteiger partial charge in [-0.3, -0.25) is 14.7 Å². The highest BCUT2D eigenvalue weighted by Gasteiger charge is 2.31. The fourth-order valence-electron chi connectivity index (χ4n) is 4.83. The Morgan fingerprint density at radius 1 is 1.00 bits per heavy atom. The van der Waals surface area contributed by atoms with Gasteiger partial charge in [-0.15, -0.1) is 11.3 Å². The number of nitrogens with one attached hydrogen (secondary N) is 1. The van der Waals surface area contributed by atoms with Gasteiger partial charge in [0.05, 0.1) is 11.1 Å². The predicted molar refractivity (Wildman–Crippen MR) is 159 cm³/mol. The zero-order valence-corrected chi connectivity index (χ0v) is 24.0. The molecule has 43 heavy (non-hydrogen) atoms. The molecule has 0 radical (unpaired) electrons. The van der Waals surface area contributed by atoms with E-state index < -0.39 is 17.6 Å². The molecular formula is C31H27F3N6O2S. The van der Waals surface area contributed by atoms with Gasteiger partial charge in [0.1, 0.15) is 10.4 Å². The highest BCUT2D eigenvalue weighted by atomic mass is 32.1. The number of hydrogen-bond donors (Lipinski definition) is 1. The third-order valence-electron chi connectivity index (χ3n) is 7.10. The first-order valence-corrected chi connectivity index (χ1v) is 14.5. The molecule has 1 aliphatic rings. The molecule has 0 spiro atoms. The van der Waals surface area contributed by atoms with Crippen molar-refractivity contribution in [3.8, 4) is 23.0 Å². The van der Waals surface area contributed by atoms with Crippen LogP contribution in [0, 0.1) is 0 Å². The summed E-state index contributed by atoms with van der Waals surface area (Å²) in [6.45, 7) is 3.57. The van der Waals surface area contributed by atoms with E-state index in [4.69, 9.17) is 4.74 Å². The maximum Gasteiger partial charge on any atom is 0.416 e. The first-order valence-electron chi connectivity index (χ1n) is 13.6. The van der Waals surface area contributed by atoms with Crippen LogP contribution in [0.1, 0.15) is 21.5 Å². The highest BCUT2D eigenvalue weighted by Crippen LogP contribution is 2.35. The number of aromatic nitrogens is 3. The third-order valence-corrected chi connectivity index (χ3v) is 7.99. The van der Waals surface area contributed by atoms with Crippen molar-refractivity contribution in [2.75, 3.05) is 38.5 Å². The summed E-state index contributed by atoms with van der Waals surface area (Å²) in [5.41, 5.74) is 1.47. The van der Waals surface area contributed by atoms with Crippen LogP contribution in [0.25, 0.3) is 21.6 Å². The fourth-order valence-corrected chi connectivity index (χ4v) is 5.59. The van der Waals surface area contributed by atoms with Crippen LogP contribution in [0.3, 0.4) is 0 Å². The van der Waals surface area contributed by atoms with E-state index in [0.717, 1.165) is 48.6 Å². The molecule has 6 rings (SSSR count). The molecule has 4 heterocycles. The zero-order valence-electron chi connectivity index (χ0n) is 23.1. The van der Waals surface area contributed by atoms with E-state index in [0.29, 0.717) is 35.1 Å². The Bertz CT molecular complexity index is 1750. The number of ether oxygens (including phenoxy) is 1. The number of nitrogens with zero attached hydrogens (tertiary/aromatic N) is 5. The number of pyridine rings is 1. The van der Waals surface area contributed by atoms with E-state index in [1.807, 2.05) is 18.5 Å². The van der Waals surface area contributed by atoms with Crippen molar-refractivity contribution in [2.45, 2.75) is 12.7 Å². The van der Waals surface area contributed by atoms with Gasteiger partial charge in [-0.2, -0.15) is 18.2 Å². The normalized spacial score (nSPS) is 14.6.